The summed E-state index contributed by atoms with van der Waals surface area (Å²) in [4.78, 5) is 12.7. The maximum atomic E-state index is 5.38. The first-order valence-corrected chi connectivity index (χ1v) is 7.27. The minimum atomic E-state index is 0.376. The molecule has 4 rings (SSSR count). The Morgan fingerprint density at radius 2 is 2.18 bits per heavy atom. The van der Waals surface area contributed by atoms with E-state index in [1.165, 1.54) is 11.3 Å². The van der Waals surface area contributed by atoms with E-state index in [1.807, 2.05) is 6.07 Å². The van der Waals surface area contributed by atoms with Crippen LogP contribution in [0.5, 0.6) is 0 Å². The molecule has 0 fully saturated rings. The average Bonchev–Trinajstić information content (AvgIpc) is 3.17. The van der Waals surface area contributed by atoms with Crippen molar-refractivity contribution >= 4 is 5.69 Å². The quantitative estimate of drug-likeness (QED) is 0.794. The molecule has 0 bridgehead atoms. The van der Waals surface area contributed by atoms with Crippen molar-refractivity contribution in [2.24, 2.45) is 0 Å². The molecule has 2 aromatic heterocycles. The molecule has 1 aromatic carbocycles. The number of benzene rings is 1. The standard InChI is InChI=1S/C16H15N5O/c1-2-4-14-13(3-1)11(9-19-14)7-16-20-15(21-22-16)8-12-10-17-5-6-18-12/h1-6,10-11,19H,7-9H2. The lowest BCUT2D eigenvalue weighted by molar-refractivity contribution is 0.367. The van der Waals surface area contributed by atoms with E-state index in [9.17, 15) is 0 Å². The number of nitrogens with zero attached hydrogens (tertiary/aromatic N) is 4. The number of nitrogens with one attached hydrogen (secondary N) is 1. The molecule has 3 aromatic rings. The molecular formula is C16H15N5O. The van der Waals surface area contributed by atoms with E-state index in [0.717, 1.165) is 18.7 Å². The van der Waals surface area contributed by atoms with Crippen molar-refractivity contribution in [2.45, 2.75) is 18.8 Å². The normalized spacial score (nSPS) is 16.3. The zero-order valence-electron chi connectivity index (χ0n) is 11.9. The second-order valence-corrected chi connectivity index (χ2v) is 5.35. The Morgan fingerprint density at radius 1 is 1.23 bits per heavy atom. The Hall–Kier alpha value is -2.76. The molecule has 0 saturated carbocycles. The highest BCUT2D eigenvalue weighted by Gasteiger charge is 2.24. The van der Waals surface area contributed by atoms with Crippen molar-refractivity contribution in [1.29, 1.82) is 0 Å². The van der Waals surface area contributed by atoms with Gasteiger partial charge in [0.2, 0.25) is 5.89 Å². The van der Waals surface area contributed by atoms with Gasteiger partial charge in [-0.25, -0.2) is 0 Å². The third kappa shape index (κ3) is 2.55. The maximum absolute atomic E-state index is 5.38. The topological polar surface area (TPSA) is 76.7 Å². The fraction of sp³-hybridized carbons (Fsp3) is 0.250. The summed E-state index contributed by atoms with van der Waals surface area (Å²) in [6.07, 6.45) is 6.31. The van der Waals surface area contributed by atoms with Gasteiger partial charge in [-0.1, -0.05) is 23.4 Å². The Morgan fingerprint density at radius 3 is 3.09 bits per heavy atom. The van der Waals surface area contributed by atoms with Gasteiger partial charge in [0.25, 0.3) is 0 Å². The molecule has 1 atom stereocenters. The van der Waals surface area contributed by atoms with Gasteiger partial charge in [-0.05, 0) is 11.6 Å². The van der Waals surface area contributed by atoms with E-state index in [-0.39, 0.29) is 0 Å². The summed E-state index contributed by atoms with van der Waals surface area (Å²) in [5.41, 5.74) is 3.35. The smallest absolute Gasteiger partial charge is 0.227 e. The summed E-state index contributed by atoms with van der Waals surface area (Å²) in [5.74, 6) is 1.69. The Balaban J connectivity index is 1.47. The zero-order valence-corrected chi connectivity index (χ0v) is 11.9. The third-order valence-corrected chi connectivity index (χ3v) is 3.83. The van der Waals surface area contributed by atoms with Gasteiger partial charge >= 0.3 is 0 Å². The molecule has 1 unspecified atom stereocenters. The minimum Gasteiger partial charge on any atom is -0.384 e. The second-order valence-electron chi connectivity index (χ2n) is 5.35. The number of hydrogen-bond donors (Lipinski definition) is 1. The molecule has 1 aliphatic rings. The Bertz CT molecular complexity index is 771. The number of rotatable bonds is 4. The monoisotopic (exact) mass is 293 g/mol. The summed E-state index contributed by atoms with van der Waals surface area (Å²) in [5, 5.41) is 7.44. The largest absolute Gasteiger partial charge is 0.384 e. The van der Waals surface area contributed by atoms with Crippen LogP contribution in [0.3, 0.4) is 0 Å². The van der Waals surface area contributed by atoms with E-state index in [1.54, 1.807) is 18.6 Å². The summed E-state index contributed by atoms with van der Waals surface area (Å²) in [6.45, 7) is 0.904. The molecule has 22 heavy (non-hydrogen) atoms. The Labute approximate surface area is 127 Å². The summed E-state index contributed by atoms with van der Waals surface area (Å²) < 4.78 is 5.38. The predicted octanol–water partition coefficient (Wildman–Crippen LogP) is 2.20. The van der Waals surface area contributed by atoms with Gasteiger partial charge in [0.1, 0.15) is 0 Å². The molecule has 0 saturated heterocycles. The lowest BCUT2D eigenvalue weighted by Gasteiger charge is -2.05. The van der Waals surface area contributed by atoms with Gasteiger partial charge in [0, 0.05) is 43.2 Å². The number of aromatic nitrogens is 4. The molecule has 6 heteroatoms. The Kier molecular flexibility index (Phi) is 3.27. The van der Waals surface area contributed by atoms with Crippen LogP contribution >= 0.6 is 0 Å². The lowest BCUT2D eigenvalue weighted by atomic mass is 9.98. The van der Waals surface area contributed by atoms with Crippen molar-refractivity contribution in [2.75, 3.05) is 11.9 Å². The molecular weight excluding hydrogens is 278 g/mol. The van der Waals surface area contributed by atoms with Gasteiger partial charge in [0.15, 0.2) is 5.82 Å². The van der Waals surface area contributed by atoms with Gasteiger partial charge < -0.3 is 9.84 Å². The fourth-order valence-corrected chi connectivity index (χ4v) is 2.78. The van der Waals surface area contributed by atoms with Gasteiger partial charge in [0.05, 0.1) is 12.1 Å². The first kappa shape index (κ1) is 12.9. The summed E-state index contributed by atoms with van der Waals surface area (Å²) >= 11 is 0. The van der Waals surface area contributed by atoms with Crippen molar-refractivity contribution in [3.8, 4) is 0 Å². The van der Waals surface area contributed by atoms with Gasteiger partial charge in [-0.3, -0.25) is 9.97 Å². The van der Waals surface area contributed by atoms with E-state index < -0.39 is 0 Å². The zero-order chi connectivity index (χ0) is 14.8. The molecule has 0 spiro atoms. The van der Waals surface area contributed by atoms with Gasteiger partial charge in [-0.15, -0.1) is 0 Å². The minimum absolute atomic E-state index is 0.376. The summed E-state index contributed by atoms with van der Waals surface area (Å²) in [6, 6.07) is 8.35. The summed E-state index contributed by atoms with van der Waals surface area (Å²) in [7, 11) is 0. The van der Waals surface area contributed by atoms with Crippen LogP contribution in [0.25, 0.3) is 0 Å². The van der Waals surface area contributed by atoms with Crippen LogP contribution in [0.15, 0.2) is 47.4 Å². The van der Waals surface area contributed by atoms with Crippen molar-refractivity contribution < 1.29 is 4.52 Å². The molecule has 0 amide bonds. The van der Waals surface area contributed by atoms with Crippen LogP contribution < -0.4 is 5.32 Å². The maximum Gasteiger partial charge on any atom is 0.227 e. The lowest BCUT2D eigenvalue weighted by Crippen LogP contribution is -2.06. The van der Waals surface area contributed by atoms with E-state index in [2.05, 4.69) is 43.6 Å². The molecule has 0 aliphatic carbocycles. The predicted molar refractivity (Wildman–Crippen MR) is 80.5 cm³/mol. The van der Waals surface area contributed by atoms with Gasteiger partial charge in [-0.2, -0.15) is 4.98 Å². The third-order valence-electron chi connectivity index (χ3n) is 3.83. The molecule has 0 radical (unpaired) electrons. The fourth-order valence-electron chi connectivity index (χ4n) is 2.78. The first-order valence-electron chi connectivity index (χ1n) is 7.27. The molecule has 6 nitrogen and oxygen atoms in total. The van der Waals surface area contributed by atoms with Crippen LogP contribution in [0.1, 0.15) is 28.9 Å². The van der Waals surface area contributed by atoms with E-state index in [4.69, 9.17) is 4.52 Å². The van der Waals surface area contributed by atoms with Crippen LogP contribution in [0.2, 0.25) is 0 Å². The van der Waals surface area contributed by atoms with Crippen molar-refractivity contribution in [1.82, 2.24) is 20.1 Å². The number of hydrogen-bond acceptors (Lipinski definition) is 6. The molecule has 1 aliphatic heterocycles. The number of para-hydroxylation sites is 1. The van der Waals surface area contributed by atoms with Crippen LogP contribution in [-0.2, 0) is 12.8 Å². The highest BCUT2D eigenvalue weighted by molar-refractivity contribution is 5.57. The van der Waals surface area contributed by atoms with Crippen LogP contribution in [0, 0.1) is 0 Å². The van der Waals surface area contributed by atoms with Crippen LogP contribution in [0.4, 0.5) is 5.69 Å². The van der Waals surface area contributed by atoms with Crippen LogP contribution in [-0.4, -0.2) is 26.7 Å². The highest BCUT2D eigenvalue weighted by atomic mass is 16.5. The van der Waals surface area contributed by atoms with E-state index >= 15 is 0 Å². The number of anilines is 1. The first-order chi connectivity index (χ1) is 10.9. The molecule has 3 heterocycles. The highest BCUT2D eigenvalue weighted by Crippen LogP contribution is 2.32. The van der Waals surface area contributed by atoms with Crippen molar-refractivity contribution in [3.63, 3.8) is 0 Å². The average molecular weight is 293 g/mol. The second kappa shape index (κ2) is 5.55. The van der Waals surface area contributed by atoms with Crippen molar-refractivity contribution in [3.05, 3.63) is 65.8 Å². The number of fused-ring (bicyclic) bond motifs is 1. The molecule has 110 valence electrons. The molecule has 1 N–H and O–H groups in total. The SMILES string of the molecule is c1ccc2c(c1)NCC2Cc1nc(Cc2cnccn2)no1. The van der Waals surface area contributed by atoms with E-state index in [0.29, 0.717) is 24.1 Å².